The Labute approximate surface area is 182 Å². The zero-order valence-corrected chi connectivity index (χ0v) is 18.0. The first-order valence-corrected chi connectivity index (χ1v) is 11.2. The molecule has 2 aromatic carbocycles. The van der Waals surface area contributed by atoms with Gasteiger partial charge in [0.25, 0.3) is 5.91 Å². The van der Waals surface area contributed by atoms with Gasteiger partial charge in [-0.25, -0.2) is 26.3 Å². The first-order valence-electron chi connectivity index (χ1n) is 9.38. The fraction of sp³-hybridized carbons (Fsp3) is 0.350. The smallest absolute Gasteiger partial charge is 0.255 e. The lowest BCUT2D eigenvalue weighted by molar-refractivity contribution is 0.0163. The minimum absolute atomic E-state index is 0.120. The van der Waals surface area contributed by atoms with Crippen molar-refractivity contribution in [2.45, 2.75) is 49.1 Å². The minimum Gasteiger partial charge on any atom is -0.390 e. The first-order chi connectivity index (χ1) is 14.4. The summed E-state index contributed by atoms with van der Waals surface area (Å²) >= 11 is 6.04. The monoisotopic (exact) mass is 476 g/mol. The van der Waals surface area contributed by atoms with Crippen LogP contribution < -0.4 is 10.0 Å². The Morgan fingerprint density at radius 2 is 1.71 bits per heavy atom. The highest BCUT2D eigenvalue weighted by Gasteiger charge is 2.32. The maximum atomic E-state index is 13.3. The van der Waals surface area contributed by atoms with Crippen molar-refractivity contribution < 1.29 is 31.5 Å². The fourth-order valence-electron chi connectivity index (χ4n) is 3.32. The molecular weight excluding hydrogens is 457 g/mol. The van der Waals surface area contributed by atoms with Crippen LogP contribution in [0.5, 0.6) is 0 Å². The van der Waals surface area contributed by atoms with Crippen LogP contribution in [-0.2, 0) is 10.0 Å². The number of benzene rings is 2. The van der Waals surface area contributed by atoms with Gasteiger partial charge in [0, 0.05) is 29.4 Å². The normalized spacial score (nSPS) is 21.7. The summed E-state index contributed by atoms with van der Waals surface area (Å²) in [6.45, 7) is 1.69. The predicted molar refractivity (Wildman–Crippen MR) is 109 cm³/mol. The van der Waals surface area contributed by atoms with Crippen LogP contribution in [0.3, 0.4) is 0 Å². The van der Waals surface area contributed by atoms with E-state index in [2.05, 4.69) is 10.0 Å². The average molecular weight is 477 g/mol. The molecule has 2 aromatic rings. The van der Waals surface area contributed by atoms with Gasteiger partial charge in [-0.2, -0.15) is 0 Å². The molecule has 0 saturated heterocycles. The van der Waals surface area contributed by atoms with Crippen LogP contribution in [-0.4, -0.2) is 31.1 Å². The molecule has 0 unspecified atom stereocenters. The Balaban J connectivity index is 1.80. The highest BCUT2D eigenvalue weighted by molar-refractivity contribution is 7.89. The number of sulfonamides is 1. The second-order valence-corrected chi connectivity index (χ2v) is 9.84. The van der Waals surface area contributed by atoms with E-state index in [4.69, 9.17) is 11.6 Å². The topological polar surface area (TPSA) is 95.5 Å². The molecule has 3 rings (SSSR count). The van der Waals surface area contributed by atoms with Crippen LogP contribution in [0.1, 0.15) is 43.0 Å². The second kappa shape index (κ2) is 8.78. The third kappa shape index (κ3) is 5.57. The lowest BCUT2D eigenvalue weighted by Crippen LogP contribution is -2.42. The Hall–Kier alpha value is -2.14. The van der Waals surface area contributed by atoms with Gasteiger partial charge < -0.3 is 10.4 Å². The fourth-order valence-corrected chi connectivity index (χ4v) is 5.15. The summed E-state index contributed by atoms with van der Waals surface area (Å²) in [6.07, 6.45) is 1.74. The molecule has 3 N–H and O–H groups in total. The van der Waals surface area contributed by atoms with Crippen LogP contribution in [0.4, 0.5) is 18.9 Å². The van der Waals surface area contributed by atoms with E-state index in [1.807, 2.05) is 0 Å². The number of nitrogens with one attached hydrogen (secondary N) is 2. The largest absolute Gasteiger partial charge is 0.390 e. The molecule has 0 atom stereocenters. The standard InChI is InChI=1S/C20H20ClF3N2O4S/c1-20(28)6-4-12(5-7-20)26-31(29,30)17-8-11(2-3-14(17)21)19(27)25-13-9-15(22)18(24)16(23)10-13/h2-3,8-10,12,26,28H,4-7H2,1H3,(H,25,27). The van der Waals surface area contributed by atoms with Crippen molar-refractivity contribution in [3.8, 4) is 0 Å². The zero-order valence-electron chi connectivity index (χ0n) is 16.4. The van der Waals surface area contributed by atoms with E-state index < -0.39 is 45.0 Å². The number of carbonyl (C=O) groups is 1. The molecule has 1 fully saturated rings. The third-order valence-corrected chi connectivity index (χ3v) is 7.11. The van der Waals surface area contributed by atoms with Gasteiger partial charge in [0.2, 0.25) is 10.0 Å². The Bertz CT molecular complexity index is 1090. The van der Waals surface area contributed by atoms with E-state index in [0.29, 0.717) is 37.8 Å². The highest BCUT2D eigenvalue weighted by atomic mass is 35.5. The first kappa shape index (κ1) is 23.5. The summed E-state index contributed by atoms with van der Waals surface area (Å²) in [5, 5.41) is 12.1. The maximum absolute atomic E-state index is 13.3. The van der Waals surface area contributed by atoms with Gasteiger partial charge in [-0.05, 0) is 50.8 Å². The van der Waals surface area contributed by atoms with E-state index >= 15 is 0 Å². The van der Waals surface area contributed by atoms with Crippen molar-refractivity contribution in [1.82, 2.24) is 4.72 Å². The van der Waals surface area contributed by atoms with Crippen LogP contribution >= 0.6 is 11.6 Å². The molecule has 0 aromatic heterocycles. The van der Waals surface area contributed by atoms with Crippen LogP contribution in [0.2, 0.25) is 5.02 Å². The number of anilines is 1. The van der Waals surface area contributed by atoms with Gasteiger partial charge in [-0.3, -0.25) is 4.79 Å². The second-order valence-electron chi connectivity index (χ2n) is 7.75. The molecule has 0 spiro atoms. The summed E-state index contributed by atoms with van der Waals surface area (Å²) in [4.78, 5) is 12.1. The molecule has 0 heterocycles. The Kier molecular flexibility index (Phi) is 6.66. The van der Waals surface area contributed by atoms with Gasteiger partial charge in [0.15, 0.2) is 17.5 Å². The van der Waals surface area contributed by atoms with Gasteiger partial charge in [-0.1, -0.05) is 11.6 Å². The summed E-state index contributed by atoms with van der Waals surface area (Å²) in [5.74, 6) is -5.50. The number of aliphatic hydroxyl groups is 1. The number of rotatable bonds is 5. The molecule has 0 aliphatic heterocycles. The number of halogens is 4. The quantitative estimate of drug-likeness (QED) is 0.569. The van der Waals surface area contributed by atoms with Crippen molar-refractivity contribution in [3.63, 3.8) is 0 Å². The summed E-state index contributed by atoms with van der Waals surface area (Å²) in [7, 11) is -4.09. The number of hydrogen-bond acceptors (Lipinski definition) is 4. The van der Waals surface area contributed by atoms with Gasteiger partial charge in [-0.15, -0.1) is 0 Å². The van der Waals surface area contributed by atoms with Crippen molar-refractivity contribution in [2.75, 3.05) is 5.32 Å². The summed E-state index contributed by atoms with van der Waals surface area (Å²) in [6, 6.07) is 4.29. The van der Waals surface area contributed by atoms with E-state index in [-0.39, 0.29) is 21.2 Å². The molecule has 1 aliphatic carbocycles. The highest BCUT2D eigenvalue weighted by Crippen LogP contribution is 2.30. The van der Waals surface area contributed by atoms with Gasteiger partial charge >= 0.3 is 0 Å². The third-order valence-electron chi connectivity index (χ3n) is 5.11. The SMILES string of the molecule is CC1(O)CCC(NS(=O)(=O)c2cc(C(=O)Nc3cc(F)c(F)c(F)c3)ccc2Cl)CC1. The molecule has 31 heavy (non-hydrogen) atoms. The summed E-state index contributed by atoms with van der Waals surface area (Å²) < 4.78 is 67.9. The van der Waals surface area contributed by atoms with E-state index in [1.54, 1.807) is 6.92 Å². The lowest BCUT2D eigenvalue weighted by Gasteiger charge is -2.33. The van der Waals surface area contributed by atoms with Crippen LogP contribution in [0.25, 0.3) is 0 Å². The molecule has 6 nitrogen and oxygen atoms in total. The minimum atomic E-state index is -4.09. The molecular formula is C20H20ClF3N2O4S. The molecule has 1 amide bonds. The molecule has 0 bridgehead atoms. The van der Waals surface area contributed by atoms with Crippen molar-refractivity contribution in [1.29, 1.82) is 0 Å². The van der Waals surface area contributed by atoms with Crippen molar-refractivity contribution >= 4 is 33.2 Å². The lowest BCUT2D eigenvalue weighted by atomic mass is 9.84. The van der Waals surface area contributed by atoms with Crippen molar-refractivity contribution in [3.05, 3.63) is 58.4 Å². The van der Waals surface area contributed by atoms with Gasteiger partial charge in [0.1, 0.15) is 4.90 Å². The van der Waals surface area contributed by atoms with E-state index in [9.17, 15) is 31.5 Å². The molecule has 1 saturated carbocycles. The van der Waals surface area contributed by atoms with Crippen molar-refractivity contribution in [2.24, 2.45) is 0 Å². The zero-order chi connectivity index (χ0) is 23.0. The van der Waals surface area contributed by atoms with E-state index in [1.165, 1.54) is 12.1 Å². The maximum Gasteiger partial charge on any atom is 0.255 e. The Morgan fingerprint density at radius 3 is 2.29 bits per heavy atom. The van der Waals surface area contributed by atoms with E-state index in [0.717, 1.165) is 6.07 Å². The molecule has 1 aliphatic rings. The average Bonchev–Trinajstić information content (AvgIpc) is 2.67. The summed E-state index contributed by atoms with van der Waals surface area (Å²) in [5.41, 5.74) is -1.31. The molecule has 0 radical (unpaired) electrons. The molecule has 11 heteroatoms. The molecule has 168 valence electrons. The number of hydrogen-bond donors (Lipinski definition) is 3. The van der Waals surface area contributed by atoms with Gasteiger partial charge in [0.05, 0.1) is 10.6 Å². The van der Waals surface area contributed by atoms with Crippen LogP contribution in [0, 0.1) is 17.5 Å². The number of amides is 1. The Morgan fingerprint density at radius 1 is 1.13 bits per heavy atom. The van der Waals surface area contributed by atoms with Crippen LogP contribution in [0.15, 0.2) is 35.2 Å². The predicted octanol–water partition coefficient (Wildman–Crippen LogP) is 3.98. The number of carbonyl (C=O) groups excluding carboxylic acids is 1.